The van der Waals surface area contributed by atoms with Crippen LogP contribution < -0.4 is 5.73 Å². The molecule has 0 rings (SSSR count). The molecule has 2 atom stereocenters. The molecule has 0 aliphatic carbocycles. The van der Waals surface area contributed by atoms with Crippen LogP contribution >= 0.6 is 0 Å². The van der Waals surface area contributed by atoms with Gasteiger partial charge in [-0.15, -0.1) is 0 Å². The van der Waals surface area contributed by atoms with E-state index in [0.717, 1.165) is 6.42 Å². The van der Waals surface area contributed by atoms with Gasteiger partial charge < -0.3 is 15.9 Å². The van der Waals surface area contributed by atoms with Crippen molar-refractivity contribution in [2.24, 2.45) is 5.73 Å². The van der Waals surface area contributed by atoms with Gasteiger partial charge in [0.1, 0.15) is 0 Å². The van der Waals surface area contributed by atoms with Crippen LogP contribution in [0.25, 0.3) is 0 Å². The van der Waals surface area contributed by atoms with Gasteiger partial charge in [-0.3, -0.25) is 0 Å². The number of aliphatic hydroxyl groups is 2. The van der Waals surface area contributed by atoms with Gasteiger partial charge in [0.05, 0.1) is 18.8 Å². The lowest BCUT2D eigenvalue weighted by molar-refractivity contribution is 0.144. The average molecular weight is 354 g/mol. The summed E-state index contributed by atoms with van der Waals surface area (Å²) >= 11 is 0. The zero-order chi connectivity index (χ0) is 18.6. The Morgan fingerprint density at radius 3 is 1.64 bits per heavy atom. The Labute approximate surface area is 156 Å². The molecule has 0 aromatic heterocycles. The molecule has 4 N–H and O–H groups in total. The van der Waals surface area contributed by atoms with Gasteiger partial charge in [0.2, 0.25) is 0 Å². The van der Waals surface area contributed by atoms with E-state index in [4.69, 9.17) is 10.8 Å². The molecular formula is C22H43NO2. The summed E-state index contributed by atoms with van der Waals surface area (Å²) < 4.78 is 0. The van der Waals surface area contributed by atoms with Crippen molar-refractivity contribution in [2.45, 2.75) is 109 Å². The van der Waals surface area contributed by atoms with Crippen LogP contribution in [0.3, 0.4) is 0 Å². The topological polar surface area (TPSA) is 66.5 Å². The standard InChI is InChI=1S/C22H43NO2/c1-2-3-4-5-6-7-8-9-10-11-12-13-14-15-16-17-18-19-22(25)21(23)20-24/h7-8,18-19,21-22,24-25H,2-6,9-17,20,23H2,1H3/b8-7-,19-18+/t21-,22+/m0/s1. The first kappa shape index (κ1) is 24.4. The Morgan fingerprint density at radius 1 is 0.720 bits per heavy atom. The summed E-state index contributed by atoms with van der Waals surface area (Å²) in [5, 5.41) is 18.4. The Hall–Kier alpha value is -0.640. The number of hydrogen-bond donors (Lipinski definition) is 3. The van der Waals surface area contributed by atoms with Gasteiger partial charge in [-0.2, -0.15) is 0 Å². The molecule has 0 radical (unpaired) electrons. The molecule has 0 unspecified atom stereocenters. The number of allylic oxidation sites excluding steroid dienone is 3. The summed E-state index contributed by atoms with van der Waals surface area (Å²) in [5.74, 6) is 0. The molecule has 0 spiro atoms. The number of aliphatic hydroxyl groups excluding tert-OH is 2. The van der Waals surface area contributed by atoms with Crippen molar-refractivity contribution in [3.63, 3.8) is 0 Å². The largest absolute Gasteiger partial charge is 0.395 e. The fraction of sp³-hybridized carbons (Fsp3) is 0.818. The minimum atomic E-state index is -0.726. The lowest BCUT2D eigenvalue weighted by Gasteiger charge is -2.11. The van der Waals surface area contributed by atoms with Crippen molar-refractivity contribution in [3.8, 4) is 0 Å². The second kappa shape index (κ2) is 19.7. The second-order valence-electron chi connectivity index (χ2n) is 7.14. The maximum absolute atomic E-state index is 9.57. The third-order valence-corrected chi connectivity index (χ3v) is 4.62. The van der Waals surface area contributed by atoms with Gasteiger partial charge in [0.15, 0.2) is 0 Å². The normalized spacial score (nSPS) is 14.6. The number of rotatable bonds is 18. The van der Waals surface area contributed by atoms with Gasteiger partial charge >= 0.3 is 0 Å². The summed E-state index contributed by atoms with van der Waals surface area (Å²) in [7, 11) is 0. The fourth-order valence-electron chi connectivity index (χ4n) is 2.82. The number of hydrogen-bond acceptors (Lipinski definition) is 3. The van der Waals surface area contributed by atoms with Gasteiger partial charge in [-0.25, -0.2) is 0 Å². The quantitative estimate of drug-likeness (QED) is 0.232. The summed E-state index contributed by atoms with van der Waals surface area (Å²) in [5.41, 5.74) is 5.53. The summed E-state index contributed by atoms with van der Waals surface area (Å²) in [6.07, 6.45) is 25.7. The van der Waals surface area contributed by atoms with Gasteiger partial charge in [0.25, 0.3) is 0 Å². The van der Waals surface area contributed by atoms with Crippen LogP contribution in [0.15, 0.2) is 24.3 Å². The van der Waals surface area contributed by atoms with Crippen molar-refractivity contribution in [1.29, 1.82) is 0 Å². The number of unbranched alkanes of at least 4 members (excludes halogenated alkanes) is 12. The molecule has 0 amide bonds. The van der Waals surface area contributed by atoms with Crippen molar-refractivity contribution >= 4 is 0 Å². The number of nitrogens with two attached hydrogens (primary N) is 1. The van der Waals surface area contributed by atoms with E-state index in [2.05, 4.69) is 19.1 Å². The Kier molecular flexibility index (Phi) is 19.2. The highest BCUT2D eigenvalue weighted by Crippen LogP contribution is 2.11. The third-order valence-electron chi connectivity index (χ3n) is 4.62. The molecule has 25 heavy (non-hydrogen) atoms. The van der Waals surface area contributed by atoms with Crippen LogP contribution in [0.2, 0.25) is 0 Å². The maximum atomic E-state index is 9.57. The van der Waals surface area contributed by atoms with E-state index in [1.807, 2.05) is 6.08 Å². The molecule has 148 valence electrons. The van der Waals surface area contributed by atoms with Crippen molar-refractivity contribution < 1.29 is 10.2 Å². The lowest BCUT2D eigenvalue weighted by Crippen LogP contribution is -2.36. The smallest absolute Gasteiger partial charge is 0.0894 e. The van der Waals surface area contributed by atoms with Crippen LogP contribution in [0.1, 0.15) is 96.8 Å². The molecule has 0 saturated heterocycles. The molecule has 0 fully saturated rings. The predicted molar refractivity (Wildman–Crippen MR) is 110 cm³/mol. The van der Waals surface area contributed by atoms with E-state index in [-0.39, 0.29) is 6.61 Å². The molecule has 0 saturated carbocycles. The van der Waals surface area contributed by atoms with Crippen molar-refractivity contribution in [3.05, 3.63) is 24.3 Å². The maximum Gasteiger partial charge on any atom is 0.0894 e. The minimum absolute atomic E-state index is 0.180. The zero-order valence-electron chi connectivity index (χ0n) is 16.5. The molecule has 0 aromatic rings. The summed E-state index contributed by atoms with van der Waals surface area (Å²) in [6.45, 7) is 2.08. The lowest BCUT2D eigenvalue weighted by atomic mass is 10.1. The van der Waals surface area contributed by atoms with Gasteiger partial charge in [-0.05, 0) is 38.5 Å². The molecule has 0 aliphatic heterocycles. The third kappa shape index (κ3) is 18.0. The first-order chi connectivity index (χ1) is 12.2. The van der Waals surface area contributed by atoms with E-state index in [0.29, 0.717) is 0 Å². The SMILES string of the molecule is CCCCCC/C=C\CCCCCCCCC/C=C/[C@@H](O)[C@@H](N)CO. The van der Waals surface area contributed by atoms with Crippen LogP contribution in [0.4, 0.5) is 0 Å². The highest BCUT2D eigenvalue weighted by Gasteiger charge is 2.08. The molecule has 0 aromatic carbocycles. The van der Waals surface area contributed by atoms with E-state index >= 15 is 0 Å². The van der Waals surface area contributed by atoms with E-state index in [9.17, 15) is 5.11 Å². The Bertz CT molecular complexity index is 315. The molecule has 0 aliphatic rings. The highest BCUT2D eigenvalue weighted by atomic mass is 16.3. The van der Waals surface area contributed by atoms with Crippen LogP contribution in [0.5, 0.6) is 0 Å². The second-order valence-corrected chi connectivity index (χ2v) is 7.14. The Morgan fingerprint density at radius 2 is 1.16 bits per heavy atom. The molecule has 3 nitrogen and oxygen atoms in total. The van der Waals surface area contributed by atoms with Crippen LogP contribution in [-0.4, -0.2) is 29.0 Å². The van der Waals surface area contributed by atoms with Gasteiger partial charge in [0, 0.05) is 0 Å². The average Bonchev–Trinajstić information content (AvgIpc) is 2.63. The molecule has 3 heteroatoms. The molecule has 0 bridgehead atoms. The predicted octanol–water partition coefficient (Wildman–Crippen LogP) is 5.26. The van der Waals surface area contributed by atoms with Crippen molar-refractivity contribution in [1.82, 2.24) is 0 Å². The monoisotopic (exact) mass is 353 g/mol. The van der Waals surface area contributed by atoms with Crippen LogP contribution in [-0.2, 0) is 0 Å². The van der Waals surface area contributed by atoms with E-state index in [1.165, 1.54) is 83.5 Å². The van der Waals surface area contributed by atoms with Gasteiger partial charge in [-0.1, -0.05) is 82.6 Å². The minimum Gasteiger partial charge on any atom is -0.395 e. The first-order valence-electron chi connectivity index (χ1n) is 10.6. The summed E-state index contributed by atoms with van der Waals surface area (Å²) in [6, 6.07) is -0.563. The zero-order valence-corrected chi connectivity index (χ0v) is 16.5. The van der Waals surface area contributed by atoms with E-state index in [1.54, 1.807) is 6.08 Å². The molecular weight excluding hydrogens is 310 g/mol. The fourth-order valence-corrected chi connectivity index (χ4v) is 2.82. The highest BCUT2D eigenvalue weighted by molar-refractivity contribution is 4.93. The first-order valence-corrected chi connectivity index (χ1v) is 10.6. The van der Waals surface area contributed by atoms with Crippen LogP contribution in [0, 0.1) is 0 Å². The Balaban J connectivity index is 3.24. The van der Waals surface area contributed by atoms with E-state index < -0.39 is 12.1 Å². The van der Waals surface area contributed by atoms with Crippen molar-refractivity contribution in [2.75, 3.05) is 6.61 Å². The summed E-state index contributed by atoms with van der Waals surface area (Å²) in [4.78, 5) is 0. The molecule has 0 heterocycles.